The molecule has 17 heavy (non-hydrogen) atoms. The Bertz CT molecular complexity index is 389. The topological polar surface area (TPSA) is 63.2 Å². The molecule has 2 heterocycles. The minimum absolute atomic E-state index is 0.321. The lowest BCUT2D eigenvalue weighted by atomic mass is 10.1. The van der Waals surface area contributed by atoms with Crippen molar-refractivity contribution in [2.24, 2.45) is 0 Å². The molecule has 0 bridgehead atoms. The summed E-state index contributed by atoms with van der Waals surface area (Å²) in [6.45, 7) is 1.96. The third kappa shape index (κ3) is 2.94. The van der Waals surface area contributed by atoms with Crippen molar-refractivity contribution in [3.63, 3.8) is 0 Å². The molecule has 5 heteroatoms. The second-order valence-electron chi connectivity index (χ2n) is 4.08. The number of carbonyl (C=O) groups excluding carboxylic acids is 1. The number of hydrogen-bond donors (Lipinski definition) is 2. The van der Waals surface area contributed by atoms with E-state index in [1.165, 1.54) is 7.11 Å². The van der Waals surface area contributed by atoms with E-state index in [2.05, 4.69) is 15.6 Å². The summed E-state index contributed by atoms with van der Waals surface area (Å²) in [4.78, 5) is 15.8. The fourth-order valence-electron chi connectivity index (χ4n) is 1.96. The van der Waals surface area contributed by atoms with Gasteiger partial charge in [-0.1, -0.05) is 0 Å². The van der Waals surface area contributed by atoms with Crippen molar-refractivity contribution < 1.29 is 9.53 Å². The van der Waals surface area contributed by atoms with Gasteiger partial charge in [-0.15, -0.1) is 0 Å². The van der Waals surface area contributed by atoms with Crippen molar-refractivity contribution in [1.29, 1.82) is 0 Å². The van der Waals surface area contributed by atoms with Crippen LogP contribution in [0.4, 0.5) is 5.82 Å². The minimum atomic E-state index is -0.357. The third-order valence-corrected chi connectivity index (χ3v) is 2.85. The molecule has 92 valence electrons. The van der Waals surface area contributed by atoms with Crippen LogP contribution >= 0.6 is 0 Å². The van der Waals surface area contributed by atoms with E-state index >= 15 is 0 Å². The van der Waals surface area contributed by atoms with Gasteiger partial charge in [0.25, 0.3) is 0 Å². The molecular weight excluding hydrogens is 218 g/mol. The summed E-state index contributed by atoms with van der Waals surface area (Å²) >= 11 is 0. The maximum absolute atomic E-state index is 11.6. The molecule has 2 N–H and O–H groups in total. The predicted octanol–water partition coefficient (Wildman–Crippen LogP) is 1.03. The number of esters is 1. The van der Waals surface area contributed by atoms with Crippen LogP contribution in [-0.2, 0) is 4.74 Å². The van der Waals surface area contributed by atoms with Crippen LogP contribution < -0.4 is 10.6 Å². The molecule has 0 aliphatic carbocycles. The normalized spacial score (nSPS) is 19.7. The van der Waals surface area contributed by atoms with Gasteiger partial charge in [-0.05, 0) is 31.5 Å². The Balaban J connectivity index is 2.11. The molecule has 0 radical (unpaired) electrons. The number of nitrogens with one attached hydrogen (secondary N) is 2. The van der Waals surface area contributed by atoms with E-state index < -0.39 is 0 Å². The summed E-state index contributed by atoms with van der Waals surface area (Å²) < 4.78 is 4.73. The van der Waals surface area contributed by atoms with Gasteiger partial charge in [-0.3, -0.25) is 0 Å². The van der Waals surface area contributed by atoms with E-state index in [1.54, 1.807) is 18.3 Å². The van der Waals surface area contributed by atoms with E-state index in [1.807, 2.05) is 0 Å². The first-order chi connectivity index (χ1) is 8.31. The number of anilines is 1. The third-order valence-electron chi connectivity index (χ3n) is 2.85. The summed E-state index contributed by atoms with van der Waals surface area (Å²) in [6, 6.07) is 3.77. The van der Waals surface area contributed by atoms with E-state index in [0.29, 0.717) is 17.4 Å². The molecule has 1 aliphatic heterocycles. The van der Waals surface area contributed by atoms with E-state index in [4.69, 9.17) is 4.74 Å². The van der Waals surface area contributed by atoms with Crippen molar-refractivity contribution >= 4 is 11.8 Å². The summed E-state index contributed by atoms with van der Waals surface area (Å²) in [5.74, 6) is 0.248. The van der Waals surface area contributed by atoms with Crippen LogP contribution in [0.15, 0.2) is 18.3 Å². The Kier molecular flexibility index (Phi) is 3.93. The highest BCUT2D eigenvalue weighted by Gasteiger charge is 2.17. The molecule has 1 aliphatic rings. The van der Waals surface area contributed by atoms with Gasteiger partial charge in [0, 0.05) is 18.8 Å². The maximum Gasteiger partial charge on any atom is 0.341 e. The first-order valence-corrected chi connectivity index (χ1v) is 5.82. The minimum Gasteiger partial charge on any atom is -0.465 e. The summed E-state index contributed by atoms with van der Waals surface area (Å²) in [5, 5.41) is 6.60. The zero-order valence-corrected chi connectivity index (χ0v) is 9.90. The molecular formula is C12H17N3O2. The zero-order chi connectivity index (χ0) is 12.1. The highest BCUT2D eigenvalue weighted by Crippen LogP contribution is 2.16. The lowest BCUT2D eigenvalue weighted by Gasteiger charge is -2.24. The Labute approximate surface area is 101 Å². The van der Waals surface area contributed by atoms with Gasteiger partial charge in [0.15, 0.2) is 0 Å². The number of pyridine rings is 1. The zero-order valence-electron chi connectivity index (χ0n) is 9.90. The quantitative estimate of drug-likeness (QED) is 0.766. The molecule has 0 spiro atoms. The number of carbonyl (C=O) groups is 1. The predicted molar refractivity (Wildman–Crippen MR) is 65.1 cm³/mol. The number of rotatable bonds is 3. The SMILES string of the molecule is COC(=O)c1cccnc1N[C@H]1CCCNC1. The summed E-state index contributed by atoms with van der Waals surface area (Å²) in [7, 11) is 1.38. The Morgan fingerprint density at radius 2 is 2.53 bits per heavy atom. The van der Waals surface area contributed by atoms with E-state index in [0.717, 1.165) is 25.9 Å². The Morgan fingerprint density at radius 1 is 1.65 bits per heavy atom. The highest BCUT2D eigenvalue weighted by molar-refractivity contribution is 5.94. The number of ether oxygens (including phenoxy) is 1. The van der Waals surface area contributed by atoms with Gasteiger partial charge in [0.2, 0.25) is 0 Å². The molecule has 0 aromatic carbocycles. The smallest absolute Gasteiger partial charge is 0.341 e. The number of methoxy groups -OCH3 is 1. The first-order valence-electron chi connectivity index (χ1n) is 5.82. The van der Waals surface area contributed by atoms with Gasteiger partial charge in [-0.25, -0.2) is 9.78 Å². The molecule has 1 saturated heterocycles. The van der Waals surface area contributed by atoms with Crippen molar-refractivity contribution in [1.82, 2.24) is 10.3 Å². The average Bonchev–Trinajstić information content (AvgIpc) is 2.40. The van der Waals surface area contributed by atoms with Crippen LogP contribution in [0.25, 0.3) is 0 Å². The molecule has 5 nitrogen and oxygen atoms in total. The highest BCUT2D eigenvalue weighted by atomic mass is 16.5. The second kappa shape index (κ2) is 5.63. The summed E-state index contributed by atoms with van der Waals surface area (Å²) in [5.41, 5.74) is 0.487. The van der Waals surface area contributed by atoms with Gasteiger partial charge in [0.05, 0.1) is 7.11 Å². The average molecular weight is 235 g/mol. The maximum atomic E-state index is 11.6. The van der Waals surface area contributed by atoms with E-state index in [9.17, 15) is 4.79 Å². The molecule has 1 atom stereocenters. The monoisotopic (exact) mass is 235 g/mol. The molecule has 0 unspecified atom stereocenters. The number of aromatic nitrogens is 1. The number of piperidine rings is 1. The van der Waals surface area contributed by atoms with Crippen molar-refractivity contribution in [3.8, 4) is 0 Å². The fourth-order valence-corrected chi connectivity index (χ4v) is 1.96. The molecule has 0 amide bonds. The van der Waals surface area contributed by atoms with Gasteiger partial charge in [-0.2, -0.15) is 0 Å². The van der Waals surface area contributed by atoms with Gasteiger partial charge in [0.1, 0.15) is 11.4 Å². The van der Waals surface area contributed by atoms with Crippen LogP contribution in [0.2, 0.25) is 0 Å². The molecule has 0 saturated carbocycles. The molecule has 1 aromatic heterocycles. The molecule has 2 rings (SSSR count). The molecule has 1 fully saturated rings. The van der Waals surface area contributed by atoms with Crippen LogP contribution in [0.3, 0.4) is 0 Å². The van der Waals surface area contributed by atoms with Crippen molar-refractivity contribution in [2.45, 2.75) is 18.9 Å². The summed E-state index contributed by atoms with van der Waals surface area (Å²) in [6.07, 6.45) is 3.90. The first kappa shape index (κ1) is 11.9. The lowest BCUT2D eigenvalue weighted by Crippen LogP contribution is -2.39. The number of nitrogens with zero attached hydrogens (tertiary/aromatic N) is 1. The largest absolute Gasteiger partial charge is 0.465 e. The van der Waals surface area contributed by atoms with Crippen LogP contribution in [0.5, 0.6) is 0 Å². The second-order valence-corrected chi connectivity index (χ2v) is 4.08. The molecule has 1 aromatic rings. The fraction of sp³-hybridized carbons (Fsp3) is 0.500. The Morgan fingerprint density at radius 3 is 3.24 bits per heavy atom. The van der Waals surface area contributed by atoms with Gasteiger partial charge < -0.3 is 15.4 Å². The van der Waals surface area contributed by atoms with Crippen molar-refractivity contribution in [3.05, 3.63) is 23.9 Å². The van der Waals surface area contributed by atoms with Crippen molar-refractivity contribution in [2.75, 3.05) is 25.5 Å². The number of hydrogen-bond acceptors (Lipinski definition) is 5. The lowest BCUT2D eigenvalue weighted by molar-refractivity contribution is 0.0601. The van der Waals surface area contributed by atoms with E-state index in [-0.39, 0.29) is 5.97 Å². The standard InChI is InChI=1S/C12H17N3O2/c1-17-12(16)10-5-3-7-14-11(10)15-9-4-2-6-13-8-9/h3,5,7,9,13H,2,4,6,8H2,1H3,(H,14,15)/t9-/m0/s1. The van der Waals surface area contributed by atoms with Crippen LogP contribution in [-0.4, -0.2) is 37.2 Å². The van der Waals surface area contributed by atoms with Gasteiger partial charge >= 0.3 is 5.97 Å². The van der Waals surface area contributed by atoms with Crippen LogP contribution in [0, 0.1) is 0 Å². The van der Waals surface area contributed by atoms with Crippen LogP contribution in [0.1, 0.15) is 23.2 Å². The Hall–Kier alpha value is -1.62.